The third-order valence-electron chi connectivity index (χ3n) is 1.19. The fourth-order valence-electron chi connectivity index (χ4n) is 0.265. The standard InChI is InChI=1S/6CN.Fe.4K.3H2O.4H/c6*1-2;;;;;;;;;;;;/h;;;;;;;;;;;3*1H2;;;;. The van der Waals surface area contributed by atoms with Gasteiger partial charge in [0.05, 0.1) is 0 Å². The Morgan fingerprint density at radius 2 is 0.500 bits per heavy atom. The van der Waals surface area contributed by atoms with E-state index in [1.165, 1.54) is 0 Å². The molecule has 0 aromatic rings. The van der Waals surface area contributed by atoms with Crippen molar-refractivity contribution in [3.63, 3.8) is 0 Å². The van der Waals surface area contributed by atoms with Crippen LogP contribution >= 0.6 is 0 Å². The molecule has 6 N–H and O–H groups in total. The van der Waals surface area contributed by atoms with E-state index in [9.17, 15) is 0 Å². The SMILES string of the molecule is N#[C][Fe]([C]#N)([C]#N)([C]#N)([C]#N)[C]#N.O.O.O.[KH].[KH].[KH].[KH]. The number of nitrogens with zero attached hydrogens (tertiary/aromatic N) is 6. The number of nitriles is 6. The zero-order valence-electron chi connectivity index (χ0n) is 7.54. The van der Waals surface area contributed by atoms with E-state index in [1.807, 2.05) is 0 Å². The van der Waals surface area contributed by atoms with Crippen molar-refractivity contribution in [3.8, 4) is 29.8 Å². The van der Waals surface area contributed by atoms with E-state index in [0.717, 1.165) is 29.8 Å². The topological polar surface area (TPSA) is 237 Å². The molecule has 0 aliphatic heterocycles. The van der Waals surface area contributed by atoms with Crippen LogP contribution in [0.2, 0.25) is 0 Å². The van der Waals surface area contributed by atoms with Crippen LogP contribution in [0, 0.1) is 61.4 Å². The average molecular weight is 426 g/mol. The second kappa shape index (κ2) is 17.7. The average Bonchev–Trinajstić information content (AvgIpc) is 2.26. The van der Waals surface area contributed by atoms with Crippen molar-refractivity contribution < 1.29 is 27.2 Å². The molecule has 0 aliphatic rings. The Bertz CT molecular complexity index is 413. The molecule has 0 fully saturated rings. The minimum atomic E-state index is -6.17. The van der Waals surface area contributed by atoms with Gasteiger partial charge < -0.3 is 16.4 Å². The van der Waals surface area contributed by atoms with Gasteiger partial charge in [-0.05, 0) is 0 Å². The Balaban J connectivity index is -0.0000000343. The normalized spacial score (nSPS) is 8.70. The molecule has 94 valence electrons. The molecular formula is C6H10FeK4N6O3. The van der Waals surface area contributed by atoms with Crippen LogP contribution in [-0.2, 0) is 10.7 Å². The summed E-state index contributed by atoms with van der Waals surface area (Å²) in [5, 5.41) is 51.5. The summed E-state index contributed by atoms with van der Waals surface area (Å²) in [4.78, 5) is 6.19. The summed E-state index contributed by atoms with van der Waals surface area (Å²) in [6.45, 7) is 0. The van der Waals surface area contributed by atoms with Gasteiger partial charge in [0.1, 0.15) is 0 Å². The van der Waals surface area contributed by atoms with Gasteiger partial charge in [-0.25, -0.2) is 0 Å². The number of hydrogen-bond acceptors (Lipinski definition) is 6. The van der Waals surface area contributed by atoms with Gasteiger partial charge in [0.15, 0.2) is 0 Å². The van der Waals surface area contributed by atoms with E-state index in [0.29, 0.717) is 0 Å². The summed E-state index contributed by atoms with van der Waals surface area (Å²) < 4.78 is 0. The quantitative estimate of drug-likeness (QED) is 0.343. The molecule has 0 rings (SSSR count). The summed E-state index contributed by atoms with van der Waals surface area (Å²) in [7, 11) is -6.17. The van der Waals surface area contributed by atoms with Gasteiger partial charge >= 0.3 is 278 Å². The molecular weight excluding hydrogens is 416 g/mol. The predicted octanol–water partition coefficient (Wildman–Crippen LogP) is -4.97. The molecule has 14 heteroatoms. The van der Waals surface area contributed by atoms with Crippen LogP contribution in [0.4, 0.5) is 0 Å². The Morgan fingerprint density at radius 1 is 0.400 bits per heavy atom. The molecule has 0 saturated heterocycles. The molecule has 0 aromatic carbocycles. The molecule has 0 aliphatic carbocycles. The fourth-order valence-corrected chi connectivity index (χ4v) is 1.09. The Morgan fingerprint density at radius 3 is 0.500 bits per heavy atom. The molecule has 20 heavy (non-hydrogen) atoms. The van der Waals surface area contributed by atoms with E-state index < -0.39 is 10.7 Å². The fraction of sp³-hybridized carbons (Fsp3) is 0. The molecule has 0 spiro atoms. The van der Waals surface area contributed by atoms with Crippen molar-refractivity contribution in [2.75, 3.05) is 0 Å². The third-order valence-corrected chi connectivity index (χ3v) is 4.89. The molecule has 0 saturated carbocycles. The molecule has 0 aromatic heterocycles. The Labute approximate surface area is 285 Å². The molecule has 0 bridgehead atoms. The molecule has 0 heterocycles. The van der Waals surface area contributed by atoms with Crippen LogP contribution < -0.4 is 0 Å². The van der Waals surface area contributed by atoms with Crippen molar-refractivity contribution >= 4 is 206 Å². The second-order valence-corrected chi connectivity index (χ2v) is 7.42. The van der Waals surface area contributed by atoms with E-state index in [2.05, 4.69) is 0 Å². The zero-order valence-corrected chi connectivity index (χ0v) is 8.64. The van der Waals surface area contributed by atoms with Crippen LogP contribution in [0.25, 0.3) is 0 Å². The number of rotatable bonds is 0. The van der Waals surface area contributed by atoms with Crippen molar-refractivity contribution in [2.24, 2.45) is 0 Å². The first-order valence-electron chi connectivity index (χ1n) is 2.40. The van der Waals surface area contributed by atoms with Crippen LogP contribution in [0.15, 0.2) is 0 Å². The molecule has 0 amide bonds. The molecule has 9 nitrogen and oxygen atoms in total. The monoisotopic (exact) mass is 426 g/mol. The Kier molecular flexibility index (Phi) is 43.9. The number of hydrogen-bond donors (Lipinski definition) is 0. The first kappa shape index (κ1) is 49.6. The maximum absolute atomic E-state index is 8.58. The van der Waals surface area contributed by atoms with Gasteiger partial charge in [-0.15, -0.1) is 0 Å². The second-order valence-electron chi connectivity index (χ2n) is 1.80. The third kappa shape index (κ3) is 8.31. The minimum absolute atomic E-state index is 0. The molecule has 0 unspecified atom stereocenters. The predicted molar refractivity (Wildman–Crippen MR) is 73.1 cm³/mol. The van der Waals surface area contributed by atoms with Gasteiger partial charge in [0.25, 0.3) is 0 Å². The zero-order chi connectivity index (χ0) is 10.7. The van der Waals surface area contributed by atoms with Crippen molar-refractivity contribution in [2.45, 2.75) is 0 Å². The van der Waals surface area contributed by atoms with Crippen LogP contribution in [0.1, 0.15) is 0 Å². The summed E-state index contributed by atoms with van der Waals surface area (Å²) in [5.74, 6) is 0. The van der Waals surface area contributed by atoms with E-state index in [1.54, 1.807) is 0 Å². The van der Waals surface area contributed by atoms with Gasteiger partial charge in [0, 0.05) is 0 Å². The van der Waals surface area contributed by atoms with Crippen molar-refractivity contribution in [1.82, 2.24) is 0 Å². The summed E-state index contributed by atoms with van der Waals surface area (Å²) >= 11 is 0. The van der Waals surface area contributed by atoms with E-state index in [4.69, 9.17) is 31.6 Å². The molecule has 0 radical (unpaired) electrons. The van der Waals surface area contributed by atoms with Gasteiger partial charge in [-0.3, -0.25) is 0 Å². The summed E-state index contributed by atoms with van der Waals surface area (Å²) in [6.07, 6.45) is 0. The first-order valence-corrected chi connectivity index (χ1v) is 5.71. The van der Waals surface area contributed by atoms with E-state index >= 15 is 0 Å². The first-order chi connectivity index (χ1) is 5.97. The summed E-state index contributed by atoms with van der Waals surface area (Å²) in [5.41, 5.74) is 0. The summed E-state index contributed by atoms with van der Waals surface area (Å²) in [6, 6.07) is 0. The maximum atomic E-state index is 8.58. The van der Waals surface area contributed by atoms with Gasteiger partial charge in [0.2, 0.25) is 0 Å². The van der Waals surface area contributed by atoms with Crippen LogP contribution in [0.3, 0.4) is 0 Å². The molecule has 0 atom stereocenters. The van der Waals surface area contributed by atoms with Gasteiger partial charge in [-0.2, -0.15) is 0 Å². The van der Waals surface area contributed by atoms with Crippen molar-refractivity contribution in [3.05, 3.63) is 0 Å². The van der Waals surface area contributed by atoms with Crippen LogP contribution in [-0.4, -0.2) is 222 Å². The van der Waals surface area contributed by atoms with E-state index in [-0.39, 0.29) is 222 Å². The Hall–Kier alpha value is 3.88. The van der Waals surface area contributed by atoms with Gasteiger partial charge in [-0.1, -0.05) is 0 Å². The van der Waals surface area contributed by atoms with Crippen LogP contribution in [0.5, 0.6) is 0 Å². The van der Waals surface area contributed by atoms with Crippen molar-refractivity contribution in [1.29, 1.82) is 31.6 Å².